The minimum atomic E-state index is -0.264. The number of nitrogens with one attached hydrogen (secondary N) is 1. The second-order valence-electron chi connectivity index (χ2n) is 4.82. The molecule has 1 aliphatic rings. The number of aromatic nitrogens is 2. The van der Waals surface area contributed by atoms with Crippen LogP contribution in [-0.4, -0.2) is 29.2 Å². The fraction of sp³-hybridized carbons (Fsp3) is 0.333. The molecular weight excluding hydrogens is 257 g/mol. The Labute approximate surface area is 117 Å². The first-order valence-electron chi connectivity index (χ1n) is 6.76. The van der Waals surface area contributed by atoms with Gasteiger partial charge in [-0.2, -0.15) is 0 Å². The molecule has 104 valence electrons. The largest absolute Gasteiger partial charge is 0.487 e. The summed E-state index contributed by atoms with van der Waals surface area (Å²) < 4.78 is 18.7. The van der Waals surface area contributed by atoms with Crippen molar-refractivity contribution in [1.82, 2.24) is 15.3 Å². The summed E-state index contributed by atoms with van der Waals surface area (Å²) in [6.45, 7) is 1.97. The number of halogens is 1. The lowest BCUT2D eigenvalue weighted by molar-refractivity contribution is 0.161. The molecule has 1 N–H and O–H groups in total. The van der Waals surface area contributed by atoms with Gasteiger partial charge in [0.2, 0.25) is 0 Å². The molecule has 0 saturated carbocycles. The van der Waals surface area contributed by atoms with Crippen LogP contribution in [0.15, 0.2) is 36.7 Å². The highest BCUT2D eigenvalue weighted by atomic mass is 19.1. The van der Waals surface area contributed by atoms with Gasteiger partial charge in [-0.3, -0.25) is 0 Å². The van der Waals surface area contributed by atoms with Gasteiger partial charge in [-0.15, -0.1) is 0 Å². The van der Waals surface area contributed by atoms with Crippen LogP contribution < -0.4 is 10.1 Å². The van der Waals surface area contributed by atoms with E-state index >= 15 is 0 Å². The van der Waals surface area contributed by atoms with Crippen LogP contribution in [0.2, 0.25) is 0 Å². The summed E-state index contributed by atoms with van der Waals surface area (Å²) in [6, 6.07) is 6.13. The normalized spacial score (nSPS) is 16.1. The molecule has 1 saturated heterocycles. The summed E-state index contributed by atoms with van der Waals surface area (Å²) in [5, 5.41) is 3.29. The minimum absolute atomic E-state index is 0.233. The fourth-order valence-corrected chi connectivity index (χ4v) is 2.23. The molecule has 1 aliphatic heterocycles. The first kappa shape index (κ1) is 13.0. The molecule has 3 rings (SSSR count). The number of piperidine rings is 1. The molecular formula is C15H16FN3O. The Kier molecular flexibility index (Phi) is 3.87. The van der Waals surface area contributed by atoms with Crippen LogP contribution >= 0.6 is 0 Å². The molecule has 2 heterocycles. The fourth-order valence-electron chi connectivity index (χ4n) is 2.23. The number of nitrogens with zero attached hydrogens (tertiary/aromatic N) is 2. The highest BCUT2D eigenvalue weighted by Gasteiger charge is 2.14. The molecule has 0 atom stereocenters. The van der Waals surface area contributed by atoms with Gasteiger partial charge in [0.25, 0.3) is 0 Å². The molecule has 2 aromatic rings. The van der Waals surface area contributed by atoms with Crippen molar-refractivity contribution in [1.29, 1.82) is 0 Å². The highest BCUT2D eigenvalue weighted by Crippen LogP contribution is 2.19. The lowest BCUT2D eigenvalue weighted by Crippen LogP contribution is -2.34. The first-order chi connectivity index (χ1) is 9.81. The Morgan fingerprint density at radius 1 is 1.05 bits per heavy atom. The van der Waals surface area contributed by atoms with Gasteiger partial charge in [0.15, 0.2) is 11.6 Å². The Morgan fingerprint density at radius 2 is 1.70 bits per heavy atom. The number of ether oxygens (including phenoxy) is 1. The van der Waals surface area contributed by atoms with Crippen LogP contribution in [0.25, 0.3) is 11.4 Å². The van der Waals surface area contributed by atoms with Crippen molar-refractivity contribution in [2.45, 2.75) is 18.9 Å². The zero-order valence-electron chi connectivity index (χ0n) is 11.1. The van der Waals surface area contributed by atoms with E-state index in [4.69, 9.17) is 4.74 Å². The summed E-state index contributed by atoms with van der Waals surface area (Å²) in [5.41, 5.74) is 0.791. The molecule has 0 unspecified atom stereocenters. The predicted octanol–water partition coefficient (Wildman–Crippen LogP) is 2.41. The van der Waals surface area contributed by atoms with Gasteiger partial charge in [-0.05, 0) is 50.2 Å². The van der Waals surface area contributed by atoms with Crippen molar-refractivity contribution in [2.75, 3.05) is 13.1 Å². The Morgan fingerprint density at radius 3 is 2.35 bits per heavy atom. The SMILES string of the molecule is Fc1ccc(-c2ncc(OC3CCNCC3)cn2)cc1. The van der Waals surface area contributed by atoms with Crippen LogP contribution in [0.3, 0.4) is 0 Å². The van der Waals surface area contributed by atoms with Crippen LogP contribution in [0, 0.1) is 5.82 Å². The molecule has 0 spiro atoms. The molecule has 0 radical (unpaired) electrons. The van der Waals surface area contributed by atoms with Gasteiger partial charge in [0.1, 0.15) is 11.9 Å². The van der Waals surface area contributed by atoms with E-state index in [1.54, 1.807) is 24.5 Å². The smallest absolute Gasteiger partial charge is 0.159 e. The zero-order chi connectivity index (χ0) is 13.8. The first-order valence-corrected chi connectivity index (χ1v) is 6.76. The molecule has 0 bridgehead atoms. The van der Waals surface area contributed by atoms with Crippen molar-refractivity contribution < 1.29 is 9.13 Å². The molecule has 1 aromatic carbocycles. The van der Waals surface area contributed by atoms with E-state index in [2.05, 4.69) is 15.3 Å². The van der Waals surface area contributed by atoms with E-state index in [-0.39, 0.29) is 11.9 Å². The summed E-state index contributed by atoms with van der Waals surface area (Å²) in [6.07, 6.45) is 5.58. The van der Waals surface area contributed by atoms with Crippen LogP contribution in [0.1, 0.15) is 12.8 Å². The second kappa shape index (κ2) is 5.96. The van der Waals surface area contributed by atoms with Gasteiger partial charge in [0, 0.05) is 5.56 Å². The van der Waals surface area contributed by atoms with E-state index in [0.29, 0.717) is 11.6 Å². The Hall–Kier alpha value is -2.01. The van der Waals surface area contributed by atoms with Crippen LogP contribution in [0.5, 0.6) is 5.75 Å². The van der Waals surface area contributed by atoms with E-state index in [1.807, 2.05) is 0 Å². The summed E-state index contributed by atoms with van der Waals surface area (Å²) in [5.74, 6) is 0.991. The lowest BCUT2D eigenvalue weighted by Gasteiger charge is -2.23. The van der Waals surface area contributed by atoms with Crippen molar-refractivity contribution >= 4 is 0 Å². The highest BCUT2D eigenvalue weighted by molar-refractivity contribution is 5.54. The summed E-state index contributed by atoms with van der Waals surface area (Å²) >= 11 is 0. The van der Waals surface area contributed by atoms with E-state index in [9.17, 15) is 4.39 Å². The maximum atomic E-state index is 12.9. The Balaban J connectivity index is 1.69. The van der Waals surface area contributed by atoms with Crippen molar-refractivity contribution in [2.24, 2.45) is 0 Å². The molecule has 5 heteroatoms. The summed E-state index contributed by atoms with van der Waals surface area (Å²) in [4.78, 5) is 8.54. The van der Waals surface area contributed by atoms with Crippen molar-refractivity contribution in [3.8, 4) is 17.1 Å². The third-order valence-electron chi connectivity index (χ3n) is 3.32. The van der Waals surface area contributed by atoms with Gasteiger partial charge in [-0.1, -0.05) is 0 Å². The summed E-state index contributed by atoms with van der Waals surface area (Å²) in [7, 11) is 0. The molecule has 20 heavy (non-hydrogen) atoms. The van der Waals surface area contributed by atoms with Gasteiger partial charge in [0.05, 0.1) is 12.4 Å². The minimum Gasteiger partial charge on any atom is -0.487 e. The third kappa shape index (κ3) is 3.11. The van der Waals surface area contributed by atoms with Gasteiger partial charge >= 0.3 is 0 Å². The number of benzene rings is 1. The number of rotatable bonds is 3. The monoisotopic (exact) mass is 273 g/mol. The maximum absolute atomic E-state index is 12.9. The van der Waals surface area contributed by atoms with E-state index < -0.39 is 0 Å². The maximum Gasteiger partial charge on any atom is 0.159 e. The molecule has 0 aliphatic carbocycles. The molecule has 4 nitrogen and oxygen atoms in total. The van der Waals surface area contributed by atoms with Crippen LogP contribution in [0.4, 0.5) is 4.39 Å². The molecule has 1 fully saturated rings. The van der Waals surface area contributed by atoms with Crippen molar-refractivity contribution in [3.63, 3.8) is 0 Å². The van der Waals surface area contributed by atoms with Gasteiger partial charge in [-0.25, -0.2) is 14.4 Å². The third-order valence-corrected chi connectivity index (χ3v) is 3.32. The van der Waals surface area contributed by atoms with Crippen molar-refractivity contribution in [3.05, 3.63) is 42.5 Å². The average molecular weight is 273 g/mol. The quantitative estimate of drug-likeness (QED) is 0.933. The zero-order valence-corrected chi connectivity index (χ0v) is 11.1. The molecule has 0 amide bonds. The average Bonchev–Trinajstić information content (AvgIpc) is 2.50. The number of hydrogen-bond donors (Lipinski definition) is 1. The number of hydrogen-bond acceptors (Lipinski definition) is 4. The van der Waals surface area contributed by atoms with Gasteiger partial charge < -0.3 is 10.1 Å². The molecule has 1 aromatic heterocycles. The van der Waals surface area contributed by atoms with E-state index in [0.717, 1.165) is 31.5 Å². The predicted molar refractivity (Wildman–Crippen MR) is 73.9 cm³/mol. The van der Waals surface area contributed by atoms with E-state index in [1.165, 1.54) is 12.1 Å². The second-order valence-corrected chi connectivity index (χ2v) is 4.82. The van der Waals surface area contributed by atoms with Crippen LogP contribution in [-0.2, 0) is 0 Å². The Bertz CT molecular complexity index is 550. The lowest BCUT2D eigenvalue weighted by atomic mass is 10.1. The standard InChI is InChI=1S/C15H16FN3O/c16-12-3-1-11(2-4-12)15-18-9-14(10-19-15)20-13-5-7-17-8-6-13/h1-4,9-10,13,17H,5-8H2. The topological polar surface area (TPSA) is 47.0 Å².